The summed E-state index contributed by atoms with van der Waals surface area (Å²) in [6.45, 7) is 0.514. The third-order valence-corrected chi connectivity index (χ3v) is 3.41. The summed E-state index contributed by atoms with van der Waals surface area (Å²) in [5, 5.41) is 18.0. The molecule has 1 atom stereocenters. The van der Waals surface area contributed by atoms with Crippen molar-refractivity contribution in [3.05, 3.63) is 29.8 Å². The number of carboxylic acid groups (broad SMARTS) is 1. The van der Waals surface area contributed by atoms with E-state index < -0.39 is 5.97 Å². The number of rotatable bonds is 8. The molecule has 1 unspecified atom stereocenters. The van der Waals surface area contributed by atoms with Crippen molar-refractivity contribution >= 4 is 11.7 Å². The number of hydrogen-bond acceptors (Lipinski definition) is 4. The molecule has 2 N–H and O–H groups in total. The Labute approximate surface area is 120 Å². The Bertz CT molecular complexity index is 418. The molecule has 0 fully saturated rings. The molecule has 0 amide bonds. The van der Waals surface area contributed by atoms with E-state index in [1.807, 2.05) is 55.2 Å². The quantitative estimate of drug-likeness (QED) is 0.745. The maximum absolute atomic E-state index is 11.0. The first-order valence-electron chi connectivity index (χ1n) is 6.73. The third-order valence-electron chi connectivity index (χ3n) is 3.41. The molecular formula is C15H24N2O3. The molecule has 0 spiro atoms. The fraction of sp³-hybridized carbons (Fsp3) is 0.533. The van der Waals surface area contributed by atoms with E-state index in [1.54, 1.807) is 0 Å². The average molecular weight is 280 g/mol. The van der Waals surface area contributed by atoms with Gasteiger partial charge in [-0.2, -0.15) is 0 Å². The minimum absolute atomic E-state index is 0.0339. The van der Waals surface area contributed by atoms with Gasteiger partial charge in [0.1, 0.15) is 0 Å². The molecule has 0 bridgehead atoms. The van der Waals surface area contributed by atoms with Crippen LogP contribution in [0.2, 0.25) is 0 Å². The lowest BCUT2D eigenvalue weighted by Crippen LogP contribution is -2.37. The number of anilines is 1. The van der Waals surface area contributed by atoms with Gasteiger partial charge in [-0.3, -0.25) is 4.79 Å². The summed E-state index contributed by atoms with van der Waals surface area (Å²) in [5.74, 6) is -0.815. The maximum Gasteiger partial charge on any atom is 0.304 e. The number of carboxylic acids is 1. The lowest BCUT2D eigenvalue weighted by molar-refractivity contribution is -0.138. The van der Waals surface area contributed by atoms with Crippen LogP contribution in [0, 0.1) is 0 Å². The fourth-order valence-corrected chi connectivity index (χ4v) is 2.13. The van der Waals surface area contributed by atoms with E-state index >= 15 is 0 Å². The number of benzene rings is 1. The largest absolute Gasteiger partial charge is 0.481 e. The Kier molecular flexibility index (Phi) is 6.48. The minimum Gasteiger partial charge on any atom is -0.481 e. The predicted molar refractivity (Wildman–Crippen MR) is 80.2 cm³/mol. The maximum atomic E-state index is 11.0. The zero-order valence-electron chi connectivity index (χ0n) is 12.4. The van der Waals surface area contributed by atoms with E-state index in [9.17, 15) is 4.79 Å². The van der Waals surface area contributed by atoms with E-state index in [4.69, 9.17) is 10.2 Å². The van der Waals surface area contributed by atoms with Crippen LogP contribution in [-0.4, -0.2) is 61.4 Å². The van der Waals surface area contributed by atoms with Gasteiger partial charge in [0, 0.05) is 32.4 Å². The monoisotopic (exact) mass is 280 g/mol. The summed E-state index contributed by atoms with van der Waals surface area (Å²) in [6, 6.07) is 8.00. The Hall–Kier alpha value is -1.59. The van der Waals surface area contributed by atoms with Gasteiger partial charge in [-0.1, -0.05) is 12.1 Å². The van der Waals surface area contributed by atoms with Crippen molar-refractivity contribution in [1.82, 2.24) is 4.90 Å². The highest BCUT2D eigenvalue weighted by Crippen LogP contribution is 2.16. The Balaban J connectivity index is 2.75. The van der Waals surface area contributed by atoms with Crippen LogP contribution in [0.25, 0.3) is 0 Å². The summed E-state index contributed by atoms with van der Waals surface area (Å²) < 4.78 is 0. The van der Waals surface area contributed by atoms with Crippen molar-refractivity contribution in [2.45, 2.75) is 18.9 Å². The van der Waals surface area contributed by atoms with Gasteiger partial charge in [0.15, 0.2) is 0 Å². The van der Waals surface area contributed by atoms with Crippen LogP contribution < -0.4 is 4.90 Å². The summed E-state index contributed by atoms with van der Waals surface area (Å²) in [6.07, 6.45) is 0.739. The van der Waals surface area contributed by atoms with Gasteiger partial charge in [0.25, 0.3) is 0 Å². The van der Waals surface area contributed by atoms with E-state index in [2.05, 4.69) is 0 Å². The molecule has 0 aliphatic heterocycles. The SMILES string of the molecule is CN(C)c1ccc(CC(CC(=O)O)N(C)CCO)cc1. The number of hydrogen-bond donors (Lipinski definition) is 2. The van der Waals surface area contributed by atoms with Crippen LogP contribution in [-0.2, 0) is 11.2 Å². The molecule has 5 nitrogen and oxygen atoms in total. The van der Waals surface area contributed by atoms with Crippen molar-refractivity contribution in [1.29, 1.82) is 0 Å². The first kappa shape index (κ1) is 16.5. The van der Waals surface area contributed by atoms with Crippen LogP contribution in [0.15, 0.2) is 24.3 Å². The second-order valence-electron chi connectivity index (χ2n) is 5.22. The van der Waals surface area contributed by atoms with Gasteiger partial charge in [-0.05, 0) is 31.2 Å². The third kappa shape index (κ3) is 5.19. The van der Waals surface area contributed by atoms with Gasteiger partial charge in [0.05, 0.1) is 13.0 Å². The summed E-state index contributed by atoms with van der Waals surface area (Å²) >= 11 is 0. The van der Waals surface area contributed by atoms with Crippen molar-refractivity contribution < 1.29 is 15.0 Å². The van der Waals surface area contributed by atoms with E-state index in [0.29, 0.717) is 13.0 Å². The van der Waals surface area contributed by atoms with Gasteiger partial charge >= 0.3 is 5.97 Å². The molecule has 0 saturated heterocycles. The highest BCUT2D eigenvalue weighted by Gasteiger charge is 2.18. The molecule has 1 rings (SSSR count). The Morgan fingerprint density at radius 3 is 2.25 bits per heavy atom. The van der Waals surface area contributed by atoms with Crippen molar-refractivity contribution in [3.63, 3.8) is 0 Å². The number of likely N-dealkylation sites (N-methyl/N-ethyl adjacent to an activating group) is 1. The second kappa shape index (κ2) is 7.87. The zero-order valence-corrected chi connectivity index (χ0v) is 12.4. The lowest BCUT2D eigenvalue weighted by Gasteiger charge is -2.26. The number of aliphatic hydroxyl groups excluding tert-OH is 1. The van der Waals surface area contributed by atoms with Crippen LogP contribution in [0.1, 0.15) is 12.0 Å². The smallest absolute Gasteiger partial charge is 0.304 e. The summed E-state index contributed by atoms with van der Waals surface area (Å²) in [5.41, 5.74) is 2.22. The molecule has 0 aromatic heterocycles. The topological polar surface area (TPSA) is 64.0 Å². The van der Waals surface area contributed by atoms with Gasteiger partial charge < -0.3 is 20.0 Å². The van der Waals surface area contributed by atoms with E-state index in [1.165, 1.54) is 0 Å². The van der Waals surface area contributed by atoms with Gasteiger partial charge in [0.2, 0.25) is 0 Å². The molecule has 0 heterocycles. The molecule has 0 aliphatic rings. The lowest BCUT2D eigenvalue weighted by atomic mass is 10.0. The molecule has 1 aromatic carbocycles. The Morgan fingerprint density at radius 1 is 1.20 bits per heavy atom. The molecule has 112 valence electrons. The minimum atomic E-state index is -0.815. The molecule has 0 saturated carbocycles. The Morgan fingerprint density at radius 2 is 1.80 bits per heavy atom. The van der Waals surface area contributed by atoms with E-state index in [-0.39, 0.29) is 19.1 Å². The standard InChI is InChI=1S/C15H24N2O3/c1-16(2)13-6-4-12(5-7-13)10-14(11-15(19)20)17(3)8-9-18/h4-7,14,18H,8-11H2,1-3H3,(H,19,20). The molecule has 0 aliphatic carbocycles. The van der Waals surface area contributed by atoms with E-state index in [0.717, 1.165) is 11.3 Å². The summed E-state index contributed by atoms with van der Waals surface area (Å²) in [4.78, 5) is 14.9. The summed E-state index contributed by atoms with van der Waals surface area (Å²) in [7, 11) is 5.81. The highest BCUT2D eigenvalue weighted by molar-refractivity contribution is 5.67. The number of carbonyl (C=O) groups is 1. The zero-order chi connectivity index (χ0) is 15.1. The second-order valence-corrected chi connectivity index (χ2v) is 5.22. The van der Waals surface area contributed by atoms with Crippen LogP contribution in [0.5, 0.6) is 0 Å². The van der Waals surface area contributed by atoms with Crippen LogP contribution in [0.3, 0.4) is 0 Å². The first-order chi connectivity index (χ1) is 9.43. The van der Waals surface area contributed by atoms with Crippen molar-refractivity contribution in [2.24, 2.45) is 0 Å². The van der Waals surface area contributed by atoms with Crippen molar-refractivity contribution in [3.8, 4) is 0 Å². The molecule has 1 aromatic rings. The number of aliphatic hydroxyl groups is 1. The first-order valence-corrected chi connectivity index (χ1v) is 6.73. The predicted octanol–water partition coefficient (Wildman–Crippen LogP) is 1.06. The fourth-order valence-electron chi connectivity index (χ4n) is 2.13. The number of aliphatic carboxylic acids is 1. The highest BCUT2D eigenvalue weighted by atomic mass is 16.4. The van der Waals surface area contributed by atoms with Crippen LogP contribution in [0.4, 0.5) is 5.69 Å². The van der Waals surface area contributed by atoms with Crippen LogP contribution >= 0.6 is 0 Å². The molecular weight excluding hydrogens is 256 g/mol. The van der Waals surface area contributed by atoms with Gasteiger partial charge in [-0.25, -0.2) is 0 Å². The van der Waals surface area contributed by atoms with Crippen molar-refractivity contribution in [2.75, 3.05) is 39.2 Å². The molecule has 0 radical (unpaired) electrons. The molecule has 5 heteroatoms. The number of nitrogens with zero attached hydrogens (tertiary/aromatic N) is 2. The normalized spacial score (nSPS) is 12.4. The van der Waals surface area contributed by atoms with Gasteiger partial charge in [-0.15, -0.1) is 0 Å². The average Bonchev–Trinajstić information content (AvgIpc) is 2.38. The molecule has 20 heavy (non-hydrogen) atoms.